The average molecular weight is 407 g/mol. The number of aromatic nitrogens is 2. The van der Waals surface area contributed by atoms with Crippen LogP contribution in [-0.2, 0) is 19.4 Å². The molecule has 1 aliphatic carbocycles. The molecule has 6 nitrogen and oxygen atoms in total. The zero-order valence-electron chi connectivity index (χ0n) is 16.0. The minimum atomic E-state index is -0.256. The van der Waals surface area contributed by atoms with Crippen LogP contribution in [-0.4, -0.2) is 21.8 Å². The van der Waals surface area contributed by atoms with Gasteiger partial charge in [0.15, 0.2) is 0 Å². The molecule has 0 aromatic carbocycles. The summed E-state index contributed by atoms with van der Waals surface area (Å²) in [6.45, 7) is 0.348. The van der Waals surface area contributed by atoms with Crippen LogP contribution in [0.2, 0.25) is 0 Å². The number of thiophene rings is 1. The predicted molar refractivity (Wildman–Crippen MR) is 113 cm³/mol. The van der Waals surface area contributed by atoms with Crippen molar-refractivity contribution < 1.29 is 9.59 Å². The average Bonchev–Trinajstić information content (AvgIpc) is 2.93. The van der Waals surface area contributed by atoms with E-state index in [-0.39, 0.29) is 11.8 Å². The van der Waals surface area contributed by atoms with Gasteiger partial charge in [0.1, 0.15) is 5.00 Å². The largest absolute Gasteiger partial charge is 0.346 e. The van der Waals surface area contributed by atoms with Crippen molar-refractivity contribution in [1.29, 1.82) is 0 Å². The summed E-state index contributed by atoms with van der Waals surface area (Å²) in [5, 5.41) is 6.53. The molecule has 0 radical (unpaired) electrons. The van der Waals surface area contributed by atoms with Crippen molar-refractivity contribution in [3.8, 4) is 0 Å². The Morgan fingerprint density at radius 1 is 1.00 bits per heavy atom. The predicted octanol–water partition coefficient (Wildman–Crippen LogP) is 3.99. The summed E-state index contributed by atoms with van der Waals surface area (Å²) < 4.78 is 0. The summed E-state index contributed by atoms with van der Waals surface area (Å²) in [6.07, 6.45) is 9.99. The number of rotatable bonds is 5. The van der Waals surface area contributed by atoms with Gasteiger partial charge in [-0.15, -0.1) is 11.3 Å². The molecule has 4 rings (SSSR count). The number of carbonyl (C=O) groups is 2. The molecule has 29 heavy (non-hydrogen) atoms. The van der Waals surface area contributed by atoms with Gasteiger partial charge in [-0.1, -0.05) is 12.5 Å². The van der Waals surface area contributed by atoms with E-state index in [1.54, 1.807) is 24.5 Å². The van der Waals surface area contributed by atoms with Crippen LogP contribution in [0.15, 0.2) is 48.9 Å². The van der Waals surface area contributed by atoms with Gasteiger partial charge in [0.05, 0.1) is 23.4 Å². The lowest BCUT2D eigenvalue weighted by molar-refractivity contribution is 0.0950. The van der Waals surface area contributed by atoms with Gasteiger partial charge in [-0.05, 0) is 55.5 Å². The Morgan fingerprint density at radius 2 is 1.90 bits per heavy atom. The van der Waals surface area contributed by atoms with Crippen LogP contribution in [0.5, 0.6) is 0 Å². The lowest BCUT2D eigenvalue weighted by Gasteiger charge is -2.10. The lowest BCUT2D eigenvalue weighted by atomic mass is 10.0. The van der Waals surface area contributed by atoms with Crippen molar-refractivity contribution in [3.05, 3.63) is 76.2 Å². The van der Waals surface area contributed by atoms with E-state index < -0.39 is 0 Å². The van der Waals surface area contributed by atoms with Gasteiger partial charge in [0.2, 0.25) is 0 Å². The summed E-state index contributed by atoms with van der Waals surface area (Å²) in [6, 6.07) is 9.04. The Morgan fingerprint density at radius 3 is 2.69 bits per heavy atom. The molecule has 0 fully saturated rings. The molecular formula is C22H22N4O2S. The second-order valence-corrected chi connectivity index (χ2v) is 8.07. The molecule has 1 aliphatic rings. The summed E-state index contributed by atoms with van der Waals surface area (Å²) >= 11 is 1.52. The van der Waals surface area contributed by atoms with Crippen molar-refractivity contribution >= 4 is 28.2 Å². The van der Waals surface area contributed by atoms with Crippen LogP contribution in [0.4, 0.5) is 5.00 Å². The van der Waals surface area contributed by atoms with Crippen molar-refractivity contribution in [3.63, 3.8) is 0 Å². The summed E-state index contributed by atoms with van der Waals surface area (Å²) in [5.74, 6) is -0.426. The van der Waals surface area contributed by atoms with E-state index in [0.717, 1.165) is 43.4 Å². The molecule has 0 unspecified atom stereocenters. The first-order valence-corrected chi connectivity index (χ1v) is 10.6. The molecule has 0 bridgehead atoms. The molecule has 0 saturated heterocycles. The molecule has 148 valence electrons. The van der Waals surface area contributed by atoms with Crippen LogP contribution in [0.25, 0.3) is 0 Å². The first-order valence-electron chi connectivity index (χ1n) is 9.76. The maximum atomic E-state index is 13.1. The normalized spacial score (nSPS) is 13.2. The third-order valence-electron chi connectivity index (χ3n) is 4.96. The van der Waals surface area contributed by atoms with E-state index >= 15 is 0 Å². The first-order chi connectivity index (χ1) is 14.2. The number of hydrogen-bond acceptors (Lipinski definition) is 5. The summed E-state index contributed by atoms with van der Waals surface area (Å²) in [5.41, 5.74) is 2.94. The van der Waals surface area contributed by atoms with Gasteiger partial charge in [-0.25, -0.2) is 0 Å². The minimum Gasteiger partial charge on any atom is -0.346 e. The molecule has 0 spiro atoms. The Bertz CT molecular complexity index is 1000. The van der Waals surface area contributed by atoms with Crippen molar-refractivity contribution in [2.45, 2.75) is 38.6 Å². The monoisotopic (exact) mass is 406 g/mol. The van der Waals surface area contributed by atoms with Gasteiger partial charge in [-0.2, -0.15) is 0 Å². The second-order valence-electron chi connectivity index (χ2n) is 6.97. The Hall–Kier alpha value is -3.06. The van der Waals surface area contributed by atoms with Crippen molar-refractivity contribution in [1.82, 2.24) is 15.3 Å². The highest BCUT2D eigenvalue weighted by Crippen LogP contribution is 2.37. The molecule has 2 N–H and O–H groups in total. The molecule has 7 heteroatoms. The fraction of sp³-hybridized carbons (Fsp3) is 0.273. The maximum absolute atomic E-state index is 13.1. The molecule has 3 heterocycles. The number of amides is 2. The van der Waals surface area contributed by atoms with Gasteiger partial charge in [0, 0.05) is 23.5 Å². The van der Waals surface area contributed by atoms with Crippen molar-refractivity contribution in [2.24, 2.45) is 0 Å². The number of hydrogen-bond donors (Lipinski definition) is 2. The van der Waals surface area contributed by atoms with E-state index in [1.807, 2.05) is 18.2 Å². The zero-order chi connectivity index (χ0) is 20.1. The van der Waals surface area contributed by atoms with E-state index in [2.05, 4.69) is 20.6 Å². The van der Waals surface area contributed by atoms with Crippen molar-refractivity contribution in [2.75, 3.05) is 5.32 Å². The zero-order valence-corrected chi connectivity index (χ0v) is 16.8. The third kappa shape index (κ3) is 4.51. The number of pyridine rings is 2. The van der Waals surface area contributed by atoms with Gasteiger partial charge >= 0.3 is 0 Å². The fourth-order valence-corrected chi connectivity index (χ4v) is 4.79. The molecule has 3 aromatic rings. The van der Waals surface area contributed by atoms with E-state index in [4.69, 9.17) is 0 Å². The van der Waals surface area contributed by atoms with Crippen LogP contribution < -0.4 is 10.6 Å². The van der Waals surface area contributed by atoms with Crippen LogP contribution >= 0.6 is 11.3 Å². The highest BCUT2D eigenvalue weighted by atomic mass is 32.1. The highest BCUT2D eigenvalue weighted by molar-refractivity contribution is 7.17. The highest BCUT2D eigenvalue weighted by Gasteiger charge is 2.26. The Kier molecular flexibility index (Phi) is 5.95. The molecule has 0 saturated carbocycles. The van der Waals surface area contributed by atoms with E-state index in [0.29, 0.717) is 22.7 Å². The minimum absolute atomic E-state index is 0.170. The number of nitrogens with zero attached hydrogens (tertiary/aromatic N) is 2. The van der Waals surface area contributed by atoms with Gasteiger partial charge in [0.25, 0.3) is 11.8 Å². The quantitative estimate of drug-likeness (QED) is 0.628. The lowest BCUT2D eigenvalue weighted by Crippen LogP contribution is -2.25. The fourth-order valence-electron chi connectivity index (χ4n) is 3.51. The number of anilines is 1. The molecule has 3 aromatic heterocycles. The standard InChI is InChI=1S/C22H22N4O2S/c27-20(15-7-6-11-23-13-15)26-22-19(17-9-2-1-3-10-18(17)29-22)21(28)25-14-16-8-4-5-12-24-16/h4-8,11-13H,1-3,9-10,14H2,(H,25,28)(H,26,27). The number of nitrogens with one attached hydrogen (secondary N) is 2. The smallest absolute Gasteiger partial charge is 0.257 e. The van der Waals surface area contributed by atoms with E-state index in [9.17, 15) is 9.59 Å². The number of aryl methyl sites for hydroxylation is 1. The maximum Gasteiger partial charge on any atom is 0.257 e. The molecule has 0 atom stereocenters. The van der Waals surface area contributed by atoms with Gasteiger partial charge in [-0.3, -0.25) is 19.6 Å². The first kappa shape index (κ1) is 19.3. The third-order valence-corrected chi connectivity index (χ3v) is 6.16. The molecule has 0 aliphatic heterocycles. The molecular weight excluding hydrogens is 384 g/mol. The van der Waals surface area contributed by atoms with Crippen LogP contribution in [0.1, 0.15) is 56.1 Å². The Balaban J connectivity index is 1.60. The van der Waals surface area contributed by atoms with Crippen LogP contribution in [0, 0.1) is 0 Å². The molecule has 2 amide bonds. The summed E-state index contributed by atoms with van der Waals surface area (Å²) in [4.78, 5) is 35.2. The van der Waals surface area contributed by atoms with Crippen LogP contribution in [0.3, 0.4) is 0 Å². The summed E-state index contributed by atoms with van der Waals surface area (Å²) in [7, 11) is 0. The number of carbonyl (C=O) groups excluding carboxylic acids is 2. The topological polar surface area (TPSA) is 84.0 Å². The van der Waals surface area contributed by atoms with E-state index in [1.165, 1.54) is 22.4 Å². The SMILES string of the molecule is O=C(Nc1sc2c(c1C(=O)NCc1ccccn1)CCCCC2)c1cccnc1. The Labute approximate surface area is 173 Å². The number of fused-ring (bicyclic) bond motifs is 1. The van der Waals surface area contributed by atoms with Gasteiger partial charge < -0.3 is 10.6 Å². The second kappa shape index (κ2) is 8.96.